The lowest BCUT2D eigenvalue weighted by Crippen LogP contribution is -2.31. The van der Waals surface area contributed by atoms with Crippen LogP contribution in [0.15, 0.2) is 17.1 Å². The molecule has 1 aromatic heterocycles. The summed E-state index contributed by atoms with van der Waals surface area (Å²) in [5, 5.41) is 12.0. The van der Waals surface area contributed by atoms with Gasteiger partial charge in [0.15, 0.2) is 11.6 Å². The van der Waals surface area contributed by atoms with Gasteiger partial charge in [0.2, 0.25) is 5.43 Å². The van der Waals surface area contributed by atoms with Gasteiger partial charge in [-0.1, -0.05) is 0 Å². The number of anilines is 1. The average molecular weight is 428 g/mol. The van der Waals surface area contributed by atoms with Crippen LogP contribution < -0.4 is 20.4 Å². The Balaban J connectivity index is 0.00000205. The summed E-state index contributed by atoms with van der Waals surface area (Å²) in [5.74, 6) is -1.69. The van der Waals surface area contributed by atoms with Crippen molar-refractivity contribution in [3.63, 3.8) is 0 Å². The number of nitrogens with one attached hydrogen (secondary N) is 1. The summed E-state index contributed by atoms with van der Waals surface area (Å²) in [4.78, 5) is 25.2. The van der Waals surface area contributed by atoms with E-state index in [2.05, 4.69) is 10.1 Å². The summed E-state index contributed by atoms with van der Waals surface area (Å²) in [5.41, 5.74) is -0.949. The summed E-state index contributed by atoms with van der Waals surface area (Å²) in [6, 6.07) is 1.16. The van der Waals surface area contributed by atoms with E-state index in [1.807, 2.05) is 0 Å². The molecule has 1 aliphatic carbocycles. The fraction of sp³-hybridized carbons (Fsp3) is 0.474. The van der Waals surface area contributed by atoms with Crippen molar-refractivity contribution in [2.45, 2.75) is 31.3 Å². The van der Waals surface area contributed by atoms with Crippen LogP contribution >= 0.6 is 12.4 Å². The van der Waals surface area contributed by atoms with E-state index in [0.717, 1.165) is 31.9 Å². The molecule has 2 aliphatic heterocycles. The lowest BCUT2D eigenvalue weighted by Gasteiger charge is -2.23. The summed E-state index contributed by atoms with van der Waals surface area (Å²) in [6.45, 7) is 1.99. The Morgan fingerprint density at radius 3 is 2.66 bits per heavy atom. The van der Waals surface area contributed by atoms with Gasteiger partial charge in [0, 0.05) is 25.2 Å². The minimum atomic E-state index is -1.65. The molecule has 2 saturated heterocycles. The van der Waals surface area contributed by atoms with Gasteiger partial charge < -0.3 is 24.6 Å². The van der Waals surface area contributed by atoms with Crippen molar-refractivity contribution in [3.05, 3.63) is 34.1 Å². The zero-order chi connectivity index (χ0) is 19.6. The Kier molecular flexibility index (Phi) is 4.90. The van der Waals surface area contributed by atoms with Gasteiger partial charge in [0.05, 0.1) is 17.1 Å². The average Bonchev–Trinajstić information content (AvgIpc) is 3.26. The molecule has 1 saturated carbocycles. The minimum absolute atomic E-state index is 0. The molecule has 2 aromatic rings. The van der Waals surface area contributed by atoms with Crippen molar-refractivity contribution in [2.24, 2.45) is 5.92 Å². The lowest BCUT2D eigenvalue weighted by atomic mass is 10.1. The molecule has 1 aromatic carbocycles. The van der Waals surface area contributed by atoms with E-state index in [1.54, 1.807) is 4.90 Å². The van der Waals surface area contributed by atoms with E-state index in [9.17, 15) is 14.0 Å². The Hall–Kier alpha value is -2.39. The van der Waals surface area contributed by atoms with E-state index >= 15 is 4.39 Å². The maximum Gasteiger partial charge on any atom is 0.511 e. The zero-order valence-corrected chi connectivity index (χ0v) is 16.2. The lowest BCUT2D eigenvalue weighted by molar-refractivity contribution is 0.143. The van der Waals surface area contributed by atoms with Crippen molar-refractivity contribution in [3.8, 4) is 5.75 Å². The molecule has 2 N–H and O–H groups in total. The molecule has 0 bridgehead atoms. The number of hydrogen-bond donors (Lipinski definition) is 2. The van der Waals surface area contributed by atoms with Crippen LogP contribution in [0.1, 0.15) is 25.3 Å². The van der Waals surface area contributed by atoms with Crippen LogP contribution in [0.5, 0.6) is 5.75 Å². The number of aromatic nitrogens is 1. The molecule has 0 amide bonds. The number of fused-ring (bicyclic) bond motifs is 2. The summed E-state index contributed by atoms with van der Waals surface area (Å²) < 4.78 is 36.6. The summed E-state index contributed by atoms with van der Waals surface area (Å²) in [6.07, 6.45) is 2.10. The van der Waals surface area contributed by atoms with Crippen LogP contribution in [0, 0.1) is 17.6 Å². The highest BCUT2D eigenvalue weighted by molar-refractivity contribution is 5.86. The Morgan fingerprint density at radius 2 is 2.00 bits per heavy atom. The predicted octanol–water partition coefficient (Wildman–Crippen LogP) is 2.89. The topological polar surface area (TPSA) is 83.8 Å². The van der Waals surface area contributed by atoms with Gasteiger partial charge in [-0.15, -0.1) is 12.4 Å². The molecule has 29 heavy (non-hydrogen) atoms. The molecule has 5 rings (SSSR count). The molecule has 3 aliphatic rings. The maximum atomic E-state index is 15.6. The normalized spacial score (nSPS) is 23.2. The first-order valence-electron chi connectivity index (χ1n) is 9.40. The van der Waals surface area contributed by atoms with E-state index in [0.29, 0.717) is 19.0 Å². The van der Waals surface area contributed by atoms with Crippen LogP contribution in [-0.4, -0.2) is 41.5 Å². The highest BCUT2D eigenvalue weighted by Crippen LogP contribution is 2.41. The van der Waals surface area contributed by atoms with E-state index < -0.39 is 29.0 Å². The largest absolute Gasteiger partial charge is 0.511 e. The van der Waals surface area contributed by atoms with E-state index in [1.165, 1.54) is 10.8 Å². The fourth-order valence-electron chi connectivity index (χ4n) is 4.54. The predicted molar refractivity (Wildman–Crippen MR) is 104 cm³/mol. The number of nitrogens with zero attached hydrogens (tertiary/aromatic N) is 2. The first kappa shape index (κ1) is 19.9. The first-order chi connectivity index (χ1) is 13.4. The Bertz CT molecular complexity index is 1040. The van der Waals surface area contributed by atoms with Crippen molar-refractivity contribution >= 4 is 35.2 Å². The molecule has 3 heterocycles. The Morgan fingerprint density at radius 1 is 1.24 bits per heavy atom. The number of halogens is 3. The molecule has 7 nitrogen and oxygen atoms in total. The monoisotopic (exact) mass is 427 g/mol. The van der Waals surface area contributed by atoms with Crippen molar-refractivity contribution in [1.29, 1.82) is 0 Å². The molecule has 2 unspecified atom stereocenters. The number of carboxylic acid groups (broad SMARTS) is 1. The van der Waals surface area contributed by atoms with Gasteiger partial charge in [-0.2, -0.15) is 0 Å². The van der Waals surface area contributed by atoms with Crippen LogP contribution in [0.25, 0.3) is 10.9 Å². The quantitative estimate of drug-likeness (QED) is 0.733. The van der Waals surface area contributed by atoms with E-state index in [-0.39, 0.29) is 41.1 Å². The molecular formula is C19H20ClF2N3O4. The molecule has 0 spiro atoms. The van der Waals surface area contributed by atoms with Gasteiger partial charge in [0.1, 0.15) is 11.5 Å². The van der Waals surface area contributed by atoms with Crippen LogP contribution in [0.4, 0.5) is 19.3 Å². The van der Waals surface area contributed by atoms with Gasteiger partial charge in [-0.3, -0.25) is 4.79 Å². The molecule has 2 atom stereocenters. The number of rotatable bonds is 3. The van der Waals surface area contributed by atoms with Crippen LogP contribution in [0.2, 0.25) is 0 Å². The SMILES string of the molecule is Cl.O=C(O)Oc1cn(C2CC2)c2c(F)c(N3CC4CCNC4C3)c(F)cc2c1=O. The Labute approximate surface area is 170 Å². The van der Waals surface area contributed by atoms with Crippen LogP contribution in [-0.2, 0) is 0 Å². The molecule has 3 fully saturated rings. The third kappa shape index (κ3) is 3.22. The van der Waals surface area contributed by atoms with Gasteiger partial charge >= 0.3 is 6.16 Å². The minimum Gasteiger partial charge on any atom is -0.449 e. The number of hydrogen-bond acceptors (Lipinski definition) is 5. The number of ether oxygens (including phenoxy) is 1. The smallest absolute Gasteiger partial charge is 0.449 e. The van der Waals surface area contributed by atoms with Gasteiger partial charge in [-0.25, -0.2) is 13.6 Å². The number of carbonyl (C=O) groups is 1. The fourth-order valence-corrected chi connectivity index (χ4v) is 4.54. The van der Waals surface area contributed by atoms with Crippen molar-refractivity contribution in [2.75, 3.05) is 24.5 Å². The standard InChI is InChI=1S/C19H19F2N3O4.ClH/c20-12-5-11-16(15(21)17(12)23-6-9-3-4-22-13(9)7-23)24(10-1-2-10)8-14(18(11)25)28-19(26)27;/h5,8-10,13,22H,1-4,6-7H2,(H,26,27);1H. The summed E-state index contributed by atoms with van der Waals surface area (Å²) in [7, 11) is 0. The second kappa shape index (κ2) is 7.14. The van der Waals surface area contributed by atoms with Gasteiger partial charge in [0.25, 0.3) is 0 Å². The zero-order valence-electron chi connectivity index (χ0n) is 15.4. The number of pyridine rings is 1. The van der Waals surface area contributed by atoms with Gasteiger partial charge in [-0.05, 0) is 37.8 Å². The highest BCUT2D eigenvalue weighted by Gasteiger charge is 2.39. The van der Waals surface area contributed by atoms with Crippen molar-refractivity contribution in [1.82, 2.24) is 9.88 Å². The summed E-state index contributed by atoms with van der Waals surface area (Å²) >= 11 is 0. The van der Waals surface area contributed by atoms with E-state index in [4.69, 9.17) is 5.11 Å². The van der Waals surface area contributed by atoms with Crippen LogP contribution in [0.3, 0.4) is 0 Å². The maximum absolute atomic E-state index is 15.6. The third-order valence-electron chi connectivity index (χ3n) is 5.97. The second-order valence-electron chi connectivity index (χ2n) is 7.76. The number of benzene rings is 1. The second-order valence-corrected chi connectivity index (χ2v) is 7.76. The van der Waals surface area contributed by atoms with Crippen molar-refractivity contribution < 1.29 is 23.4 Å². The first-order valence-corrected chi connectivity index (χ1v) is 9.40. The molecular weight excluding hydrogens is 408 g/mol. The third-order valence-corrected chi connectivity index (χ3v) is 5.97. The molecule has 10 heteroatoms. The highest BCUT2D eigenvalue weighted by atomic mass is 35.5. The molecule has 156 valence electrons. The molecule has 0 radical (unpaired) electrons.